The molecule has 0 aromatic heterocycles. The van der Waals surface area contributed by atoms with Crippen molar-refractivity contribution in [2.75, 3.05) is 0 Å². The summed E-state index contributed by atoms with van der Waals surface area (Å²) in [6.07, 6.45) is 2.85. The number of phenols is 1. The van der Waals surface area contributed by atoms with Crippen LogP contribution in [-0.2, 0) is 0 Å². The maximum Gasteiger partial charge on any atom is 0.120 e. The average Bonchev–Trinajstić information content (AvgIpc) is 2.56. The molecule has 0 bridgehead atoms. The van der Waals surface area contributed by atoms with Crippen LogP contribution in [0.15, 0.2) is 53.5 Å². The molecule has 3 nitrogen and oxygen atoms in total. The van der Waals surface area contributed by atoms with Crippen LogP contribution < -0.4 is 5.32 Å². The Morgan fingerprint density at radius 1 is 1.17 bits per heavy atom. The van der Waals surface area contributed by atoms with Gasteiger partial charge in [-0.25, -0.2) is 0 Å². The zero-order valence-electron chi connectivity index (χ0n) is 13.2. The lowest BCUT2D eigenvalue weighted by Gasteiger charge is -2.30. The van der Waals surface area contributed by atoms with Crippen molar-refractivity contribution in [3.8, 4) is 5.75 Å². The van der Waals surface area contributed by atoms with Crippen molar-refractivity contribution in [2.24, 2.45) is 4.99 Å². The monoisotopic (exact) mass is 328 g/mol. The fourth-order valence-electron chi connectivity index (χ4n) is 3.00. The molecule has 0 spiro atoms. The Morgan fingerprint density at radius 3 is 2.61 bits per heavy atom. The number of nitrogens with one attached hydrogen (secondary N) is 1. The van der Waals surface area contributed by atoms with Crippen molar-refractivity contribution >= 4 is 17.3 Å². The van der Waals surface area contributed by atoms with Gasteiger partial charge in [0.25, 0.3) is 0 Å². The lowest BCUT2D eigenvalue weighted by Crippen LogP contribution is -2.38. The standard InChI is InChI=1S/C19H21ClN2O/c1-2-5-19-21-16(13-8-10-14(20)11-9-13)12-17(22-19)15-6-3-4-7-18(15)23/h3-4,6-11,17,19,22-23H,2,5,12H2,1H3. The maximum absolute atomic E-state index is 10.2. The molecule has 3 rings (SSSR count). The van der Waals surface area contributed by atoms with Crippen LogP contribution in [0, 0.1) is 0 Å². The summed E-state index contributed by atoms with van der Waals surface area (Å²) in [5.41, 5.74) is 3.08. The minimum Gasteiger partial charge on any atom is -0.508 e. The number of benzene rings is 2. The third-order valence-electron chi connectivity index (χ3n) is 4.15. The number of rotatable bonds is 4. The van der Waals surface area contributed by atoms with Gasteiger partial charge in [-0.1, -0.05) is 55.3 Å². The summed E-state index contributed by atoms with van der Waals surface area (Å²) in [7, 11) is 0. The van der Waals surface area contributed by atoms with E-state index in [1.165, 1.54) is 0 Å². The van der Waals surface area contributed by atoms with Gasteiger partial charge in [0.1, 0.15) is 11.9 Å². The second-order valence-electron chi connectivity index (χ2n) is 5.87. The van der Waals surface area contributed by atoms with Crippen molar-refractivity contribution in [2.45, 2.75) is 38.4 Å². The van der Waals surface area contributed by atoms with E-state index in [4.69, 9.17) is 16.6 Å². The van der Waals surface area contributed by atoms with Crippen LogP contribution in [0.5, 0.6) is 5.75 Å². The first-order valence-electron chi connectivity index (χ1n) is 8.04. The number of para-hydroxylation sites is 1. The van der Waals surface area contributed by atoms with Crippen LogP contribution in [0.3, 0.4) is 0 Å². The third kappa shape index (κ3) is 3.74. The molecule has 2 unspecified atom stereocenters. The van der Waals surface area contributed by atoms with Gasteiger partial charge in [0.05, 0.1) is 0 Å². The molecule has 0 saturated heterocycles. The normalized spacial score (nSPS) is 21.0. The first-order valence-corrected chi connectivity index (χ1v) is 8.41. The molecule has 1 aliphatic rings. The minimum absolute atomic E-state index is 0.0657. The van der Waals surface area contributed by atoms with E-state index in [2.05, 4.69) is 12.2 Å². The first-order chi connectivity index (χ1) is 11.2. The first kappa shape index (κ1) is 16.0. The van der Waals surface area contributed by atoms with E-state index in [1.807, 2.05) is 42.5 Å². The number of aliphatic imine (C=N–C) groups is 1. The Bertz CT molecular complexity index is 697. The number of hydrogen-bond acceptors (Lipinski definition) is 3. The van der Waals surface area contributed by atoms with Crippen LogP contribution in [0.25, 0.3) is 0 Å². The molecule has 0 radical (unpaired) electrons. The Hall–Kier alpha value is -1.84. The van der Waals surface area contributed by atoms with E-state index in [9.17, 15) is 5.11 Å². The average molecular weight is 329 g/mol. The van der Waals surface area contributed by atoms with Gasteiger partial charge in [-0.15, -0.1) is 0 Å². The lowest BCUT2D eigenvalue weighted by molar-refractivity contribution is 0.391. The Kier molecular flexibility index (Phi) is 4.99. The molecule has 0 aliphatic carbocycles. The number of phenolic OH excluding ortho intramolecular Hbond substituents is 1. The molecule has 0 fully saturated rings. The fourth-order valence-corrected chi connectivity index (χ4v) is 3.13. The molecule has 2 N–H and O–H groups in total. The molecule has 1 heterocycles. The Balaban J connectivity index is 1.92. The summed E-state index contributed by atoms with van der Waals surface area (Å²) in [4.78, 5) is 4.86. The van der Waals surface area contributed by atoms with Gasteiger partial charge in [0.15, 0.2) is 0 Å². The third-order valence-corrected chi connectivity index (χ3v) is 4.41. The molecule has 4 heteroatoms. The van der Waals surface area contributed by atoms with E-state index in [-0.39, 0.29) is 12.2 Å². The van der Waals surface area contributed by atoms with E-state index < -0.39 is 0 Å². The van der Waals surface area contributed by atoms with Crippen molar-refractivity contribution in [3.05, 3.63) is 64.7 Å². The zero-order valence-corrected chi connectivity index (χ0v) is 13.9. The van der Waals surface area contributed by atoms with Gasteiger partial charge in [-0.05, 0) is 30.2 Å². The zero-order chi connectivity index (χ0) is 16.2. The number of hydrogen-bond donors (Lipinski definition) is 2. The van der Waals surface area contributed by atoms with Gasteiger partial charge in [-0.2, -0.15) is 0 Å². The fraction of sp³-hybridized carbons (Fsp3) is 0.316. The van der Waals surface area contributed by atoms with Crippen LogP contribution in [0.1, 0.15) is 43.4 Å². The smallest absolute Gasteiger partial charge is 0.120 e. The predicted octanol–water partition coefficient (Wildman–Crippen LogP) is 4.70. The van der Waals surface area contributed by atoms with E-state index in [0.717, 1.165) is 41.1 Å². The predicted molar refractivity (Wildman–Crippen MR) is 95.3 cm³/mol. The van der Waals surface area contributed by atoms with Crippen molar-refractivity contribution in [1.29, 1.82) is 0 Å². The molecular formula is C19H21ClN2O. The van der Waals surface area contributed by atoms with Crippen molar-refractivity contribution in [3.63, 3.8) is 0 Å². The van der Waals surface area contributed by atoms with Crippen molar-refractivity contribution in [1.82, 2.24) is 5.32 Å². The highest BCUT2D eigenvalue weighted by Gasteiger charge is 2.26. The maximum atomic E-state index is 10.2. The van der Waals surface area contributed by atoms with Crippen LogP contribution >= 0.6 is 11.6 Å². The highest BCUT2D eigenvalue weighted by Crippen LogP contribution is 2.31. The summed E-state index contributed by atoms with van der Waals surface area (Å²) >= 11 is 5.99. The molecule has 120 valence electrons. The minimum atomic E-state index is 0.0657. The molecule has 23 heavy (non-hydrogen) atoms. The largest absolute Gasteiger partial charge is 0.508 e. The summed E-state index contributed by atoms with van der Waals surface area (Å²) in [6, 6.07) is 15.4. The summed E-state index contributed by atoms with van der Waals surface area (Å²) in [5.74, 6) is 0.331. The number of aromatic hydroxyl groups is 1. The van der Waals surface area contributed by atoms with E-state index in [0.29, 0.717) is 5.75 Å². The summed E-state index contributed by atoms with van der Waals surface area (Å²) in [6.45, 7) is 2.16. The van der Waals surface area contributed by atoms with Crippen LogP contribution in [0.4, 0.5) is 0 Å². The molecule has 1 aliphatic heterocycles. The highest BCUT2D eigenvalue weighted by molar-refractivity contribution is 6.30. The summed E-state index contributed by atoms with van der Waals surface area (Å²) in [5, 5.41) is 14.5. The SMILES string of the molecule is CCCC1N=C(c2ccc(Cl)cc2)CC(c2ccccc2O)N1. The van der Waals surface area contributed by atoms with Gasteiger partial charge in [-0.3, -0.25) is 10.3 Å². The molecule has 2 atom stereocenters. The van der Waals surface area contributed by atoms with E-state index in [1.54, 1.807) is 6.07 Å². The summed E-state index contributed by atoms with van der Waals surface area (Å²) < 4.78 is 0. The van der Waals surface area contributed by atoms with Gasteiger partial charge in [0, 0.05) is 28.8 Å². The molecule has 0 saturated carbocycles. The molecule has 2 aromatic carbocycles. The van der Waals surface area contributed by atoms with Crippen LogP contribution in [0.2, 0.25) is 5.02 Å². The quantitative estimate of drug-likeness (QED) is 0.854. The molecule has 2 aromatic rings. The number of halogens is 1. The Labute approximate surface area is 142 Å². The van der Waals surface area contributed by atoms with E-state index >= 15 is 0 Å². The van der Waals surface area contributed by atoms with Crippen LogP contribution in [-0.4, -0.2) is 17.0 Å². The number of nitrogens with zero attached hydrogens (tertiary/aromatic N) is 1. The molecular weight excluding hydrogens is 308 g/mol. The van der Waals surface area contributed by atoms with Gasteiger partial charge in [0.2, 0.25) is 0 Å². The van der Waals surface area contributed by atoms with Crippen molar-refractivity contribution < 1.29 is 5.11 Å². The lowest BCUT2D eigenvalue weighted by atomic mass is 9.94. The highest BCUT2D eigenvalue weighted by atomic mass is 35.5. The Morgan fingerprint density at radius 2 is 1.91 bits per heavy atom. The van der Waals surface area contributed by atoms with Gasteiger partial charge < -0.3 is 5.11 Å². The van der Waals surface area contributed by atoms with Gasteiger partial charge >= 0.3 is 0 Å². The topological polar surface area (TPSA) is 44.6 Å². The molecule has 0 amide bonds. The second kappa shape index (κ2) is 7.16. The second-order valence-corrected chi connectivity index (χ2v) is 6.31.